The summed E-state index contributed by atoms with van der Waals surface area (Å²) in [5, 5.41) is 5.56. The van der Waals surface area contributed by atoms with Gasteiger partial charge in [-0.3, -0.25) is 13.9 Å². The number of carbonyl (C=O) groups is 2. The van der Waals surface area contributed by atoms with Crippen LogP contribution in [0.25, 0.3) is 0 Å². The lowest BCUT2D eigenvalue weighted by Crippen LogP contribution is -2.38. The summed E-state index contributed by atoms with van der Waals surface area (Å²) in [5.74, 6) is -0.867. The topological polar surface area (TPSA) is 95.6 Å². The largest absolute Gasteiger partial charge is 0.352 e. The molecule has 3 rings (SSSR count). The van der Waals surface area contributed by atoms with Gasteiger partial charge < -0.3 is 10.6 Å². The lowest BCUT2D eigenvalue weighted by atomic mass is 10.1. The van der Waals surface area contributed by atoms with Crippen LogP contribution in [0.5, 0.6) is 0 Å². The van der Waals surface area contributed by atoms with Crippen LogP contribution in [-0.2, 0) is 21.2 Å². The molecule has 3 aromatic rings. The Bertz CT molecular complexity index is 1270. The molecular weight excluding hydrogens is 450 g/mol. The van der Waals surface area contributed by atoms with Crippen LogP contribution in [0.15, 0.2) is 72.8 Å². The van der Waals surface area contributed by atoms with Crippen LogP contribution in [0, 0.1) is 13.8 Å². The van der Waals surface area contributed by atoms with Crippen molar-refractivity contribution in [3.8, 4) is 0 Å². The molecule has 0 aliphatic carbocycles. The van der Waals surface area contributed by atoms with E-state index in [-0.39, 0.29) is 5.91 Å². The first-order chi connectivity index (χ1) is 16.1. The van der Waals surface area contributed by atoms with E-state index >= 15 is 0 Å². The van der Waals surface area contributed by atoms with E-state index < -0.39 is 22.5 Å². The van der Waals surface area contributed by atoms with Crippen molar-refractivity contribution >= 4 is 33.2 Å². The minimum absolute atomic E-state index is 0.306. The number of nitrogens with one attached hydrogen (secondary N) is 2. The van der Waals surface area contributed by atoms with E-state index in [9.17, 15) is 18.0 Å². The van der Waals surface area contributed by atoms with E-state index in [0.717, 1.165) is 27.3 Å². The molecule has 2 N–H and O–H groups in total. The summed E-state index contributed by atoms with van der Waals surface area (Å²) in [4.78, 5) is 25.6. The zero-order valence-corrected chi connectivity index (χ0v) is 20.4. The third kappa shape index (κ3) is 6.68. The molecule has 0 unspecified atom stereocenters. The van der Waals surface area contributed by atoms with Crippen LogP contribution >= 0.6 is 0 Å². The summed E-state index contributed by atoms with van der Waals surface area (Å²) >= 11 is 0. The number of amides is 2. The molecule has 0 spiro atoms. The first-order valence-corrected chi connectivity index (χ1v) is 12.8. The second-order valence-corrected chi connectivity index (χ2v) is 10.0. The molecule has 34 heavy (non-hydrogen) atoms. The highest BCUT2D eigenvalue weighted by molar-refractivity contribution is 7.92. The summed E-state index contributed by atoms with van der Waals surface area (Å²) in [6.07, 6.45) is 1.74. The second-order valence-electron chi connectivity index (χ2n) is 8.12. The van der Waals surface area contributed by atoms with Crippen LogP contribution in [0.1, 0.15) is 27.0 Å². The Morgan fingerprint density at radius 2 is 1.56 bits per heavy atom. The Morgan fingerprint density at radius 1 is 0.882 bits per heavy atom. The number of rotatable bonds is 9. The Hall–Kier alpha value is -3.65. The number of anilines is 2. The van der Waals surface area contributed by atoms with Gasteiger partial charge in [0.2, 0.25) is 15.9 Å². The molecule has 0 bridgehead atoms. The first kappa shape index (κ1) is 25.0. The predicted molar refractivity (Wildman–Crippen MR) is 136 cm³/mol. The summed E-state index contributed by atoms with van der Waals surface area (Å²) in [6, 6.07) is 21.7. The molecule has 7 nitrogen and oxygen atoms in total. The average molecular weight is 480 g/mol. The zero-order chi connectivity index (χ0) is 24.7. The number of sulfonamides is 1. The number of hydrogen-bond acceptors (Lipinski definition) is 4. The van der Waals surface area contributed by atoms with Crippen molar-refractivity contribution < 1.29 is 18.0 Å². The third-order valence-electron chi connectivity index (χ3n) is 5.45. The minimum atomic E-state index is -3.71. The van der Waals surface area contributed by atoms with E-state index in [2.05, 4.69) is 10.6 Å². The molecule has 2 amide bonds. The van der Waals surface area contributed by atoms with Crippen molar-refractivity contribution in [2.45, 2.75) is 20.3 Å². The number of aryl methyl sites for hydroxylation is 2. The number of hydrogen-bond donors (Lipinski definition) is 2. The average Bonchev–Trinajstić information content (AvgIpc) is 2.79. The van der Waals surface area contributed by atoms with Crippen LogP contribution in [-0.4, -0.2) is 39.6 Å². The maximum atomic E-state index is 12.8. The number of benzene rings is 3. The maximum Gasteiger partial charge on any atom is 0.253 e. The van der Waals surface area contributed by atoms with E-state index in [1.54, 1.807) is 36.4 Å². The summed E-state index contributed by atoms with van der Waals surface area (Å²) in [5.41, 5.74) is 4.08. The highest BCUT2D eigenvalue weighted by Crippen LogP contribution is 2.22. The van der Waals surface area contributed by atoms with Gasteiger partial charge in [-0.15, -0.1) is 0 Å². The van der Waals surface area contributed by atoms with E-state index in [0.29, 0.717) is 29.9 Å². The van der Waals surface area contributed by atoms with Gasteiger partial charge in [0, 0.05) is 6.54 Å². The first-order valence-electron chi connectivity index (χ1n) is 10.9. The number of para-hydroxylation sites is 1. The molecule has 0 fully saturated rings. The van der Waals surface area contributed by atoms with Crippen molar-refractivity contribution in [3.63, 3.8) is 0 Å². The van der Waals surface area contributed by atoms with Gasteiger partial charge >= 0.3 is 0 Å². The number of nitrogens with zero attached hydrogens (tertiary/aromatic N) is 1. The molecule has 0 heterocycles. The van der Waals surface area contributed by atoms with Crippen LogP contribution in [0.2, 0.25) is 0 Å². The predicted octanol–water partition coefficient (Wildman–Crippen LogP) is 3.68. The smallest absolute Gasteiger partial charge is 0.253 e. The molecule has 0 aliphatic heterocycles. The minimum Gasteiger partial charge on any atom is -0.352 e. The van der Waals surface area contributed by atoms with Crippen molar-refractivity contribution in [3.05, 3.63) is 95.1 Å². The van der Waals surface area contributed by atoms with Gasteiger partial charge in [-0.05, 0) is 61.2 Å². The van der Waals surface area contributed by atoms with Crippen LogP contribution < -0.4 is 14.9 Å². The SMILES string of the molecule is Cc1ccc(N(CC(=O)Nc2ccccc2C(=O)NCCc2ccccc2)S(C)(=O)=O)cc1C. The molecule has 8 heteroatoms. The Labute approximate surface area is 200 Å². The van der Waals surface area contributed by atoms with Gasteiger partial charge in [0.05, 0.1) is 23.2 Å². The fourth-order valence-electron chi connectivity index (χ4n) is 3.45. The molecule has 0 aromatic heterocycles. The van der Waals surface area contributed by atoms with Gasteiger partial charge in [-0.2, -0.15) is 0 Å². The van der Waals surface area contributed by atoms with Crippen molar-refractivity contribution in [1.29, 1.82) is 0 Å². The van der Waals surface area contributed by atoms with Crippen molar-refractivity contribution in [2.75, 3.05) is 29.0 Å². The molecular formula is C26H29N3O4S. The van der Waals surface area contributed by atoms with E-state index in [4.69, 9.17) is 0 Å². The lowest BCUT2D eigenvalue weighted by Gasteiger charge is -2.23. The molecule has 0 aliphatic rings. The fourth-order valence-corrected chi connectivity index (χ4v) is 4.30. The lowest BCUT2D eigenvalue weighted by molar-refractivity contribution is -0.114. The summed E-state index contributed by atoms with van der Waals surface area (Å²) in [7, 11) is -3.71. The van der Waals surface area contributed by atoms with E-state index in [1.165, 1.54) is 0 Å². The van der Waals surface area contributed by atoms with Gasteiger partial charge in [-0.25, -0.2) is 8.42 Å². The highest BCUT2D eigenvalue weighted by atomic mass is 32.2. The molecule has 178 valence electrons. The van der Waals surface area contributed by atoms with Gasteiger partial charge in [0.15, 0.2) is 0 Å². The monoisotopic (exact) mass is 479 g/mol. The Kier molecular flexibility index (Phi) is 8.07. The molecule has 0 saturated heterocycles. The van der Waals surface area contributed by atoms with E-state index in [1.807, 2.05) is 50.2 Å². The quantitative estimate of drug-likeness (QED) is 0.489. The summed E-state index contributed by atoms with van der Waals surface area (Å²) in [6.45, 7) is 3.84. The summed E-state index contributed by atoms with van der Waals surface area (Å²) < 4.78 is 25.9. The van der Waals surface area contributed by atoms with Crippen molar-refractivity contribution in [2.24, 2.45) is 0 Å². The second kappa shape index (κ2) is 11.0. The number of carbonyl (C=O) groups excluding carboxylic acids is 2. The maximum absolute atomic E-state index is 12.8. The molecule has 0 saturated carbocycles. The zero-order valence-electron chi connectivity index (χ0n) is 19.5. The highest BCUT2D eigenvalue weighted by Gasteiger charge is 2.22. The van der Waals surface area contributed by atoms with Crippen LogP contribution in [0.3, 0.4) is 0 Å². The molecule has 0 radical (unpaired) electrons. The Balaban J connectivity index is 1.70. The van der Waals surface area contributed by atoms with Gasteiger partial charge in [-0.1, -0.05) is 48.5 Å². The van der Waals surface area contributed by atoms with Crippen LogP contribution in [0.4, 0.5) is 11.4 Å². The van der Waals surface area contributed by atoms with Gasteiger partial charge in [0.25, 0.3) is 5.91 Å². The molecule has 0 atom stereocenters. The third-order valence-corrected chi connectivity index (χ3v) is 6.59. The molecule has 3 aromatic carbocycles. The van der Waals surface area contributed by atoms with Gasteiger partial charge in [0.1, 0.15) is 6.54 Å². The van der Waals surface area contributed by atoms with Crippen molar-refractivity contribution in [1.82, 2.24) is 5.32 Å². The standard InChI is InChI=1S/C26H29N3O4S/c1-19-13-14-22(17-20(19)2)29(34(3,32)33)18-25(30)28-24-12-8-7-11-23(24)26(31)27-16-15-21-9-5-4-6-10-21/h4-14,17H,15-16,18H2,1-3H3,(H,27,31)(H,28,30). The fraction of sp³-hybridized carbons (Fsp3) is 0.231. The Morgan fingerprint density at radius 3 is 2.24 bits per heavy atom. The normalized spacial score (nSPS) is 11.0.